The number of ether oxygens (including phenoxy) is 1. The molecule has 3 nitrogen and oxygen atoms in total. The van der Waals surface area contributed by atoms with Crippen LogP contribution in [0.4, 0.5) is 10.1 Å². The number of hydrogen-bond donors (Lipinski definition) is 1. The average Bonchev–Trinajstić information content (AvgIpc) is 2.30. The molecule has 1 aromatic carbocycles. The van der Waals surface area contributed by atoms with E-state index < -0.39 is 0 Å². The Kier molecular flexibility index (Phi) is 3.52. The molecule has 0 saturated carbocycles. The van der Waals surface area contributed by atoms with Crippen molar-refractivity contribution < 1.29 is 9.13 Å². The summed E-state index contributed by atoms with van der Waals surface area (Å²) in [6, 6.07) is 5.67. The lowest BCUT2D eigenvalue weighted by Gasteiger charge is -2.38. The van der Waals surface area contributed by atoms with E-state index >= 15 is 0 Å². The molecule has 1 aromatic rings. The number of halogens is 1. The quantitative estimate of drug-likeness (QED) is 0.858. The summed E-state index contributed by atoms with van der Waals surface area (Å²) in [5, 5.41) is 0. The zero-order valence-corrected chi connectivity index (χ0v) is 10.3. The van der Waals surface area contributed by atoms with Crippen LogP contribution in [0.1, 0.15) is 19.8 Å². The highest BCUT2D eigenvalue weighted by molar-refractivity contribution is 5.52. The van der Waals surface area contributed by atoms with Crippen molar-refractivity contribution in [3.05, 3.63) is 24.0 Å². The number of piperidine rings is 1. The van der Waals surface area contributed by atoms with Crippen molar-refractivity contribution in [3.63, 3.8) is 0 Å². The van der Waals surface area contributed by atoms with Crippen LogP contribution in [-0.2, 0) is 0 Å². The predicted octanol–water partition coefficient (Wildman–Crippen LogP) is 2.15. The SMILES string of the molecule is COc1cc(N2CCC(N)CC2C)ccc1F. The van der Waals surface area contributed by atoms with E-state index in [4.69, 9.17) is 10.5 Å². The zero-order chi connectivity index (χ0) is 12.4. The van der Waals surface area contributed by atoms with Crippen LogP contribution in [0.2, 0.25) is 0 Å². The monoisotopic (exact) mass is 238 g/mol. The molecular weight excluding hydrogens is 219 g/mol. The summed E-state index contributed by atoms with van der Waals surface area (Å²) in [5.74, 6) is -0.0258. The Morgan fingerprint density at radius 2 is 2.24 bits per heavy atom. The Balaban J connectivity index is 2.22. The van der Waals surface area contributed by atoms with Gasteiger partial charge in [0.25, 0.3) is 0 Å². The minimum atomic E-state index is -0.322. The van der Waals surface area contributed by atoms with Gasteiger partial charge in [0.05, 0.1) is 7.11 Å². The molecule has 4 heteroatoms. The third-order valence-corrected chi connectivity index (χ3v) is 3.38. The standard InChI is InChI=1S/C13H19FN2O/c1-9-7-10(15)5-6-16(9)11-3-4-12(14)13(8-11)17-2/h3-4,8-10H,5-7,15H2,1-2H3. The molecule has 0 amide bonds. The van der Waals surface area contributed by atoms with E-state index in [-0.39, 0.29) is 11.9 Å². The molecule has 0 spiro atoms. The van der Waals surface area contributed by atoms with Crippen LogP contribution < -0.4 is 15.4 Å². The molecule has 0 radical (unpaired) electrons. The van der Waals surface area contributed by atoms with Gasteiger partial charge in [-0.05, 0) is 31.9 Å². The van der Waals surface area contributed by atoms with Gasteiger partial charge in [0.2, 0.25) is 0 Å². The highest BCUT2D eigenvalue weighted by atomic mass is 19.1. The molecule has 2 rings (SSSR count). The summed E-state index contributed by atoms with van der Waals surface area (Å²) in [6.07, 6.45) is 1.95. The van der Waals surface area contributed by atoms with Crippen LogP contribution in [0.3, 0.4) is 0 Å². The molecule has 1 aliphatic rings. The summed E-state index contributed by atoms with van der Waals surface area (Å²) in [5.41, 5.74) is 6.94. The normalized spacial score (nSPS) is 24.8. The lowest BCUT2D eigenvalue weighted by molar-refractivity contribution is 0.385. The highest BCUT2D eigenvalue weighted by Crippen LogP contribution is 2.28. The first-order valence-corrected chi connectivity index (χ1v) is 5.97. The van der Waals surface area contributed by atoms with E-state index in [0.29, 0.717) is 11.8 Å². The van der Waals surface area contributed by atoms with Crippen LogP contribution in [0.15, 0.2) is 18.2 Å². The molecular formula is C13H19FN2O. The van der Waals surface area contributed by atoms with Gasteiger partial charge in [-0.2, -0.15) is 0 Å². The van der Waals surface area contributed by atoms with Crippen molar-refractivity contribution in [1.82, 2.24) is 0 Å². The fourth-order valence-electron chi connectivity index (χ4n) is 2.42. The first-order valence-electron chi connectivity index (χ1n) is 5.97. The summed E-state index contributed by atoms with van der Waals surface area (Å²) in [7, 11) is 1.48. The number of nitrogens with two attached hydrogens (primary N) is 1. The second kappa shape index (κ2) is 4.92. The number of methoxy groups -OCH3 is 1. The van der Waals surface area contributed by atoms with Crippen molar-refractivity contribution >= 4 is 5.69 Å². The van der Waals surface area contributed by atoms with Crippen molar-refractivity contribution in [3.8, 4) is 5.75 Å². The maximum Gasteiger partial charge on any atom is 0.165 e. The zero-order valence-electron chi connectivity index (χ0n) is 10.3. The Labute approximate surface area is 101 Å². The second-order valence-electron chi connectivity index (χ2n) is 4.65. The first-order chi connectivity index (χ1) is 8.11. The van der Waals surface area contributed by atoms with Gasteiger partial charge in [-0.25, -0.2) is 4.39 Å². The van der Waals surface area contributed by atoms with Gasteiger partial charge in [0, 0.05) is 30.4 Å². The Morgan fingerprint density at radius 1 is 1.47 bits per heavy atom. The molecule has 2 unspecified atom stereocenters. The molecule has 0 aromatic heterocycles. The highest BCUT2D eigenvalue weighted by Gasteiger charge is 2.23. The van der Waals surface area contributed by atoms with Gasteiger partial charge in [-0.15, -0.1) is 0 Å². The molecule has 94 valence electrons. The van der Waals surface area contributed by atoms with Crippen molar-refractivity contribution in [2.45, 2.75) is 31.8 Å². The van der Waals surface area contributed by atoms with E-state index in [1.165, 1.54) is 13.2 Å². The lowest BCUT2D eigenvalue weighted by Crippen LogP contribution is -2.45. The smallest absolute Gasteiger partial charge is 0.165 e. The maximum atomic E-state index is 13.3. The summed E-state index contributed by atoms with van der Waals surface area (Å²) in [6.45, 7) is 3.06. The van der Waals surface area contributed by atoms with Gasteiger partial charge in [0.15, 0.2) is 11.6 Å². The van der Waals surface area contributed by atoms with E-state index in [1.54, 1.807) is 12.1 Å². The molecule has 1 aliphatic heterocycles. The Morgan fingerprint density at radius 3 is 2.88 bits per heavy atom. The minimum Gasteiger partial charge on any atom is -0.494 e. The maximum absolute atomic E-state index is 13.3. The third-order valence-electron chi connectivity index (χ3n) is 3.38. The van der Waals surface area contributed by atoms with Crippen LogP contribution >= 0.6 is 0 Å². The van der Waals surface area contributed by atoms with Gasteiger partial charge < -0.3 is 15.4 Å². The Bertz CT molecular complexity index is 397. The largest absolute Gasteiger partial charge is 0.494 e. The summed E-state index contributed by atoms with van der Waals surface area (Å²) < 4.78 is 18.3. The van der Waals surface area contributed by atoms with Gasteiger partial charge in [-0.1, -0.05) is 0 Å². The molecule has 1 fully saturated rings. The van der Waals surface area contributed by atoms with E-state index in [9.17, 15) is 4.39 Å². The fraction of sp³-hybridized carbons (Fsp3) is 0.538. The van der Waals surface area contributed by atoms with Gasteiger partial charge in [-0.3, -0.25) is 0 Å². The summed E-state index contributed by atoms with van der Waals surface area (Å²) in [4.78, 5) is 2.26. The number of benzene rings is 1. The molecule has 0 bridgehead atoms. The molecule has 0 aliphatic carbocycles. The van der Waals surface area contributed by atoms with Crippen molar-refractivity contribution in [2.75, 3.05) is 18.6 Å². The van der Waals surface area contributed by atoms with Crippen LogP contribution in [0.25, 0.3) is 0 Å². The second-order valence-corrected chi connectivity index (χ2v) is 4.65. The van der Waals surface area contributed by atoms with E-state index in [2.05, 4.69) is 11.8 Å². The predicted molar refractivity (Wildman–Crippen MR) is 67.0 cm³/mol. The first kappa shape index (κ1) is 12.2. The minimum absolute atomic E-state index is 0.281. The molecule has 2 N–H and O–H groups in total. The molecule has 1 heterocycles. The van der Waals surface area contributed by atoms with Crippen LogP contribution in [0, 0.1) is 5.82 Å². The third kappa shape index (κ3) is 2.52. The summed E-state index contributed by atoms with van der Waals surface area (Å²) >= 11 is 0. The van der Waals surface area contributed by atoms with Crippen LogP contribution in [-0.4, -0.2) is 25.7 Å². The lowest BCUT2D eigenvalue weighted by atomic mass is 9.98. The Hall–Kier alpha value is -1.29. The number of nitrogens with zero attached hydrogens (tertiary/aromatic N) is 1. The van der Waals surface area contributed by atoms with Crippen molar-refractivity contribution in [2.24, 2.45) is 5.73 Å². The van der Waals surface area contributed by atoms with E-state index in [1.807, 2.05) is 0 Å². The number of anilines is 1. The molecule has 2 atom stereocenters. The average molecular weight is 238 g/mol. The van der Waals surface area contributed by atoms with Gasteiger partial charge >= 0.3 is 0 Å². The fourth-order valence-corrected chi connectivity index (χ4v) is 2.42. The number of rotatable bonds is 2. The molecule has 1 saturated heterocycles. The van der Waals surface area contributed by atoms with Gasteiger partial charge in [0.1, 0.15) is 0 Å². The van der Waals surface area contributed by atoms with Crippen molar-refractivity contribution in [1.29, 1.82) is 0 Å². The topological polar surface area (TPSA) is 38.5 Å². The number of hydrogen-bond acceptors (Lipinski definition) is 3. The molecule has 17 heavy (non-hydrogen) atoms. The van der Waals surface area contributed by atoms with Crippen LogP contribution in [0.5, 0.6) is 5.75 Å². The van der Waals surface area contributed by atoms with E-state index in [0.717, 1.165) is 25.1 Å².